The van der Waals surface area contributed by atoms with Crippen LogP contribution in [-0.4, -0.2) is 22.2 Å². The van der Waals surface area contributed by atoms with Gasteiger partial charge in [0.2, 0.25) is 0 Å². The second-order valence-electron chi connectivity index (χ2n) is 6.15. The van der Waals surface area contributed by atoms with Gasteiger partial charge in [0, 0.05) is 12.7 Å². The van der Waals surface area contributed by atoms with Crippen molar-refractivity contribution in [1.82, 2.24) is 10.3 Å². The average molecular weight is 298 g/mol. The van der Waals surface area contributed by atoms with E-state index in [4.69, 9.17) is 0 Å². The monoisotopic (exact) mass is 298 g/mol. The van der Waals surface area contributed by atoms with E-state index in [1.54, 1.807) is 6.20 Å². The van der Waals surface area contributed by atoms with Gasteiger partial charge >= 0.3 is 0 Å². The number of pyridine rings is 1. The summed E-state index contributed by atoms with van der Waals surface area (Å²) in [7, 11) is 0. The van der Waals surface area contributed by atoms with Crippen molar-refractivity contribution in [1.29, 1.82) is 0 Å². The molecule has 1 heterocycles. The minimum absolute atomic E-state index is 0.0158. The molecule has 1 aromatic heterocycles. The van der Waals surface area contributed by atoms with Crippen molar-refractivity contribution in [3.63, 3.8) is 0 Å². The molecule has 2 N–H and O–H groups in total. The van der Waals surface area contributed by atoms with Gasteiger partial charge in [-0.2, -0.15) is 0 Å². The molecule has 0 aliphatic carbocycles. The number of rotatable bonds is 7. The van der Waals surface area contributed by atoms with Crippen LogP contribution in [0.3, 0.4) is 0 Å². The number of aromatic nitrogens is 1. The largest absolute Gasteiger partial charge is 0.389 e. The minimum Gasteiger partial charge on any atom is -0.389 e. The summed E-state index contributed by atoms with van der Waals surface area (Å²) in [5, 5.41) is 14.1. The summed E-state index contributed by atoms with van der Waals surface area (Å²) in [6.45, 7) is 6.61. The van der Waals surface area contributed by atoms with Gasteiger partial charge in [-0.1, -0.05) is 56.7 Å². The van der Waals surface area contributed by atoms with Crippen molar-refractivity contribution in [2.24, 2.45) is 5.92 Å². The number of aliphatic hydroxyl groups is 1. The van der Waals surface area contributed by atoms with Crippen molar-refractivity contribution < 1.29 is 5.11 Å². The Hall–Kier alpha value is -1.71. The van der Waals surface area contributed by atoms with E-state index in [0.29, 0.717) is 6.54 Å². The Balaban J connectivity index is 2.20. The maximum Gasteiger partial charge on any atom is 0.0769 e. The molecule has 0 fully saturated rings. The van der Waals surface area contributed by atoms with Crippen molar-refractivity contribution in [3.05, 3.63) is 66.0 Å². The van der Waals surface area contributed by atoms with Crippen LogP contribution >= 0.6 is 0 Å². The maximum atomic E-state index is 10.6. The fourth-order valence-corrected chi connectivity index (χ4v) is 2.51. The summed E-state index contributed by atoms with van der Waals surface area (Å²) < 4.78 is 0. The Morgan fingerprint density at radius 1 is 1.14 bits per heavy atom. The predicted molar refractivity (Wildman–Crippen MR) is 90.6 cm³/mol. The quantitative estimate of drug-likeness (QED) is 0.821. The fourth-order valence-electron chi connectivity index (χ4n) is 2.51. The fraction of sp³-hybridized carbons (Fsp3) is 0.421. The van der Waals surface area contributed by atoms with Gasteiger partial charge in [0.1, 0.15) is 0 Å². The molecule has 118 valence electrons. The molecule has 0 amide bonds. The smallest absolute Gasteiger partial charge is 0.0769 e. The van der Waals surface area contributed by atoms with Crippen LogP contribution in [0.5, 0.6) is 0 Å². The molecule has 2 rings (SSSR count). The van der Waals surface area contributed by atoms with Crippen molar-refractivity contribution in [2.75, 3.05) is 6.54 Å². The Kier molecular flexibility index (Phi) is 5.69. The molecular formula is C19H26N2O. The summed E-state index contributed by atoms with van der Waals surface area (Å²) >= 11 is 0. The Morgan fingerprint density at radius 2 is 1.82 bits per heavy atom. The molecule has 0 bridgehead atoms. The third kappa shape index (κ3) is 4.15. The third-order valence-corrected chi connectivity index (χ3v) is 4.45. The Bertz CT molecular complexity index is 515. The summed E-state index contributed by atoms with van der Waals surface area (Å²) in [6.07, 6.45) is 2.76. The molecule has 3 unspecified atom stereocenters. The highest BCUT2D eigenvalue weighted by atomic mass is 16.3. The SMILES string of the molecule is CCC(C)C(C)(O)CNC(c1ccccc1)c1ccccn1. The standard InChI is InChI=1S/C19H26N2O/c1-4-15(2)19(3,22)14-21-18(16-10-6-5-7-11-16)17-12-8-9-13-20-17/h5-13,15,18,21-22H,4,14H2,1-3H3. The molecule has 1 aromatic carbocycles. The van der Waals surface area contributed by atoms with E-state index in [1.165, 1.54) is 0 Å². The Morgan fingerprint density at radius 3 is 2.41 bits per heavy atom. The third-order valence-electron chi connectivity index (χ3n) is 4.45. The molecule has 0 saturated heterocycles. The average Bonchev–Trinajstić information content (AvgIpc) is 2.56. The first kappa shape index (κ1) is 16.7. The van der Waals surface area contributed by atoms with Gasteiger partial charge in [0.05, 0.1) is 17.3 Å². The highest BCUT2D eigenvalue weighted by molar-refractivity contribution is 5.27. The van der Waals surface area contributed by atoms with Crippen molar-refractivity contribution in [3.8, 4) is 0 Å². The van der Waals surface area contributed by atoms with Crippen LogP contribution in [0.4, 0.5) is 0 Å². The van der Waals surface area contributed by atoms with Crippen LogP contribution in [0.2, 0.25) is 0 Å². The maximum absolute atomic E-state index is 10.6. The second kappa shape index (κ2) is 7.52. The van der Waals surface area contributed by atoms with Gasteiger partial charge < -0.3 is 10.4 Å². The van der Waals surface area contributed by atoms with Crippen molar-refractivity contribution >= 4 is 0 Å². The number of hydrogen-bond acceptors (Lipinski definition) is 3. The molecule has 2 aromatic rings. The van der Waals surface area contributed by atoms with Crippen molar-refractivity contribution in [2.45, 2.75) is 38.8 Å². The van der Waals surface area contributed by atoms with E-state index in [0.717, 1.165) is 17.7 Å². The van der Waals surface area contributed by atoms with Crippen LogP contribution < -0.4 is 5.32 Å². The molecule has 0 aliphatic rings. The van der Waals surface area contributed by atoms with Gasteiger partial charge in [-0.25, -0.2) is 0 Å². The zero-order chi connectivity index (χ0) is 16.0. The van der Waals surface area contributed by atoms with Crippen LogP contribution in [0, 0.1) is 5.92 Å². The molecule has 3 heteroatoms. The molecule has 3 atom stereocenters. The van der Waals surface area contributed by atoms with Gasteiger partial charge in [0.15, 0.2) is 0 Å². The number of hydrogen-bond donors (Lipinski definition) is 2. The van der Waals surface area contributed by atoms with Gasteiger partial charge in [0.25, 0.3) is 0 Å². The molecule has 22 heavy (non-hydrogen) atoms. The molecule has 0 aliphatic heterocycles. The lowest BCUT2D eigenvalue weighted by molar-refractivity contribution is 0.00407. The first-order valence-electron chi connectivity index (χ1n) is 7.96. The zero-order valence-corrected chi connectivity index (χ0v) is 13.7. The van der Waals surface area contributed by atoms with E-state index in [-0.39, 0.29) is 12.0 Å². The lowest BCUT2D eigenvalue weighted by Crippen LogP contribution is -2.44. The molecule has 0 spiro atoms. The van der Waals surface area contributed by atoms with Crippen LogP contribution in [-0.2, 0) is 0 Å². The Labute approximate surface area is 133 Å². The van der Waals surface area contributed by atoms with E-state index < -0.39 is 5.60 Å². The minimum atomic E-state index is -0.740. The molecule has 0 saturated carbocycles. The van der Waals surface area contributed by atoms with Crippen LogP contribution in [0.25, 0.3) is 0 Å². The first-order chi connectivity index (χ1) is 10.5. The first-order valence-corrected chi connectivity index (χ1v) is 7.96. The normalized spacial score (nSPS) is 16.7. The molecule has 0 radical (unpaired) electrons. The van der Waals surface area contributed by atoms with Gasteiger partial charge in [-0.3, -0.25) is 4.98 Å². The lowest BCUT2D eigenvalue weighted by Gasteiger charge is -2.32. The second-order valence-corrected chi connectivity index (χ2v) is 6.15. The van der Waals surface area contributed by atoms with E-state index >= 15 is 0 Å². The lowest BCUT2D eigenvalue weighted by atomic mass is 9.88. The van der Waals surface area contributed by atoms with E-state index in [1.807, 2.05) is 43.3 Å². The van der Waals surface area contributed by atoms with Crippen LogP contribution in [0.15, 0.2) is 54.7 Å². The molecular weight excluding hydrogens is 272 g/mol. The zero-order valence-electron chi connectivity index (χ0n) is 13.7. The number of benzene rings is 1. The summed E-state index contributed by atoms with van der Waals surface area (Å²) in [5.74, 6) is 0.236. The number of nitrogens with one attached hydrogen (secondary N) is 1. The number of nitrogens with zero attached hydrogens (tertiary/aromatic N) is 1. The van der Waals surface area contributed by atoms with Crippen LogP contribution in [0.1, 0.15) is 44.5 Å². The summed E-state index contributed by atoms with van der Waals surface area (Å²) in [6, 6.07) is 16.1. The summed E-state index contributed by atoms with van der Waals surface area (Å²) in [5.41, 5.74) is 1.38. The molecule has 3 nitrogen and oxygen atoms in total. The highest BCUT2D eigenvalue weighted by Gasteiger charge is 2.28. The highest BCUT2D eigenvalue weighted by Crippen LogP contribution is 2.23. The van der Waals surface area contributed by atoms with E-state index in [9.17, 15) is 5.11 Å². The predicted octanol–water partition coefficient (Wildman–Crippen LogP) is 3.56. The topological polar surface area (TPSA) is 45.1 Å². The van der Waals surface area contributed by atoms with E-state index in [2.05, 4.69) is 36.3 Å². The van der Waals surface area contributed by atoms with Gasteiger partial charge in [-0.15, -0.1) is 0 Å². The summed E-state index contributed by atoms with van der Waals surface area (Å²) in [4.78, 5) is 4.48. The van der Waals surface area contributed by atoms with Gasteiger partial charge in [-0.05, 0) is 30.5 Å².